The minimum Gasteiger partial charge on any atom is -0.315 e. The van der Waals surface area contributed by atoms with E-state index < -0.39 is 0 Å². The molecule has 0 radical (unpaired) electrons. The summed E-state index contributed by atoms with van der Waals surface area (Å²) in [5, 5.41) is 0. The van der Waals surface area contributed by atoms with Crippen LogP contribution in [0.4, 0.5) is 5.69 Å². The van der Waals surface area contributed by atoms with E-state index in [1.54, 1.807) is 4.90 Å². The normalized spacial score (nSPS) is 15.6. The number of amides is 1. The van der Waals surface area contributed by atoms with E-state index in [-0.39, 0.29) is 5.91 Å². The number of nitrogens with zero attached hydrogens (tertiary/aromatic N) is 1. The Balaban J connectivity index is 2.59. The van der Waals surface area contributed by atoms with Crippen molar-refractivity contribution in [2.24, 2.45) is 0 Å². The van der Waals surface area contributed by atoms with Crippen molar-refractivity contribution in [3.63, 3.8) is 0 Å². The molecule has 0 atom stereocenters. The molecule has 2 nitrogen and oxygen atoms in total. The van der Waals surface area contributed by atoms with Crippen LogP contribution < -0.4 is 4.90 Å². The minimum atomic E-state index is 0.187. The minimum absolute atomic E-state index is 0.187. The number of anilines is 1. The first-order valence-corrected chi connectivity index (χ1v) is 5.93. The zero-order valence-corrected chi connectivity index (χ0v) is 10.9. The molecule has 0 N–H and O–H groups in total. The second-order valence-electron chi connectivity index (χ2n) is 3.31. The zero-order valence-electron chi connectivity index (χ0n) is 7.68. The van der Waals surface area contributed by atoms with Crippen LogP contribution in [0.5, 0.6) is 0 Å². The van der Waals surface area contributed by atoms with Crippen molar-refractivity contribution in [2.45, 2.75) is 12.8 Å². The summed E-state index contributed by atoms with van der Waals surface area (Å²) in [5.41, 5.74) is 2.22. The largest absolute Gasteiger partial charge is 0.315 e. The van der Waals surface area contributed by atoms with Crippen molar-refractivity contribution in [2.75, 3.05) is 11.9 Å². The van der Waals surface area contributed by atoms with Crippen molar-refractivity contribution < 1.29 is 4.79 Å². The van der Waals surface area contributed by atoms with Gasteiger partial charge in [-0.05, 0) is 56.0 Å². The molecular weight excluding hydrogens is 310 g/mol. The molecule has 0 saturated carbocycles. The van der Waals surface area contributed by atoms with E-state index >= 15 is 0 Å². The van der Waals surface area contributed by atoms with E-state index in [1.807, 2.05) is 19.2 Å². The van der Waals surface area contributed by atoms with Crippen molar-refractivity contribution in [1.29, 1.82) is 0 Å². The predicted molar refractivity (Wildman–Crippen MR) is 63.6 cm³/mol. The number of carbonyl (C=O) groups is 1. The highest BCUT2D eigenvalue weighted by Crippen LogP contribution is 2.37. The molecule has 0 unspecified atom stereocenters. The molecule has 0 fully saturated rings. The van der Waals surface area contributed by atoms with Crippen molar-refractivity contribution >= 4 is 43.5 Å². The molecule has 4 heteroatoms. The summed E-state index contributed by atoms with van der Waals surface area (Å²) < 4.78 is 2.10. The number of hydrogen-bond acceptors (Lipinski definition) is 1. The lowest BCUT2D eigenvalue weighted by atomic mass is 10.0. The molecule has 1 aliphatic heterocycles. The lowest BCUT2D eigenvalue weighted by Gasteiger charge is -2.26. The lowest BCUT2D eigenvalue weighted by molar-refractivity contribution is -0.118. The second kappa shape index (κ2) is 3.66. The molecule has 1 aromatic carbocycles. The van der Waals surface area contributed by atoms with Gasteiger partial charge in [0.2, 0.25) is 5.91 Å². The monoisotopic (exact) mass is 317 g/mol. The lowest BCUT2D eigenvalue weighted by Crippen LogP contribution is -2.31. The van der Waals surface area contributed by atoms with E-state index in [4.69, 9.17) is 0 Å². The molecule has 1 aliphatic rings. The van der Waals surface area contributed by atoms with E-state index in [0.29, 0.717) is 6.42 Å². The van der Waals surface area contributed by atoms with Gasteiger partial charge in [0.25, 0.3) is 0 Å². The molecular formula is C10H9Br2NO. The Morgan fingerprint density at radius 2 is 2.00 bits per heavy atom. The van der Waals surface area contributed by atoms with E-state index in [2.05, 4.69) is 31.9 Å². The van der Waals surface area contributed by atoms with Gasteiger partial charge in [0.1, 0.15) is 0 Å². The van der Waals surface area contributed by atoms with Crippen LogP contribution in [0, 0.1) is 0 Å². The summed E-state index contributed by atoms with van der Waals surface area (Å²) in [6, 6.07) is 3.93. The molecule has 1 aromatic rings. The van der Waals surface area contributed by atoms with Gasteiger partial charge >= 0.3 is 0 Å². The molecule has 0 aliphatic carbocycles. The van der Waals surface area contributed by atoms with Crippen LogP contribution in [0.1, 0.15) is 12.0 Å². The van der Waals surface area contributed by atoms with E-state index in [1.165, 1.54) is 5.56 Å². The Labute approximate surface area is 99.5 Å². The van der Waals surface area contributed by atoms with Crippen molar-refractivity contribution in [1.82, 2.24) is 0 Å². The van der Waals surface area contributed by atoms with Gasteiger partial charge in [-0.1, -0.05) is 0 Å². The molecule has 0 bridgehead atoms. The van der Waals surface area contributed by atoms with Crippen molar-refractivity contribution in [3.8, 4) is 0 Å². The Hall–Kier alpha value is -0.350. The molecule has 0 aromatic heterocycles. The first kappa shape index (κ1) is 10.2. The molecule has 1 heterocycles. The average molecular weight is 319 g/mol. The number of fused-ring (bicyclic) bond motifs is 1. The molecule has 0 spiro atoms. The summed E-state index contributed by atoms with van der Waals surface area (Å²) in [6.45, 7) is 0. The Bertz CT molecular complexity index is 403. The van der Waals surface area contributed by atoms with Gasteiger partial charge in [0, 0.05) is 28.1 Å². The maximum atomic E-state index is 11.5. The molecule has 2 rings (SSSR count). The topological polar surface area (TPSA) is 20.3 Å². The van der Waals surface area contributed by atoms with Crippen LogP contribution in [0.25, 0.3) is 0 Å². The van der Waals surface area contributed by atoms with Crippen LogP contribution in [0.2, 0.25) is 0 Å². The van der Waals surface area contributed by atoms with Crippen LogP contribution in [-0.2, 0) is 11.2 Å². The average Bonchev–Trinajstić information content (AvgIpc) is 2.17. The standard InChI is InChI=1S/C10H9Br2NO/c1-13-8-4-3-7(11)10(12)6(8)2-5-9(13)14/h3-4H,2,5H2,1H3. The molecule has 14 heavy (non-hydrogen) atoms. The number of carbonyl (C=O) groups excluding carboxylic acids is 1. The van der Waals surface area contributed by atoms with Crippen molar-refractivity contribution in [3.05, 3.63) is 26.6 Å². The quantitative estimate of drug-likeness (QED) is 0.719. The highest BCUT2D eigenvalue weighted by molar-refractivity contribution is 9.13. The number of rotatable bonds is 0. The molecule has 74 valence electrons. The van der Waals surface area contributed by atoms with Crippen LogP contribution in [0.15, 0.2) is 21.1 Å². The summed E-state index contributed by atoms with van der Waals surface area (Å²) >= 11 is 6.99. The maximum absolute atomic E-state index is 11.5. The van der Waals surface area contributed by atoms with Gasteiger partial charge in [-0.2, -0.15) is 0 Å². The predicted octanol–water partition coefficient (Wildman–Crippen LogP) is 3.12. The van der Waals surface area contributed by atoms with Crippen LogP contribution in [-0.4, -0.2) is 13.0 Å². The Morgan fingerprint density at radius 1 is 1.29 bits per heavy atom. The molecule has 0 saturated heterocycles. The fourth-order valence-electron chi connectivity index (χ4n) is 1.67. The van der Waals surface area contributed by atoms with Crippen LogP contribution in [0.3, 0.4) is 0 Å². The Kier molecular flexibility index (Phi) is 2.66. The maximum Gasteiger partial charge on any atom is 0.227 e. The fraction of sp³-hybridized carbons (Fsp3) is 0.300. The first-order chi connectivity index (χ1) is 6.61. The number of hydrogen-bond donors (Lipinski definition) is 0. The summed E-state index contributed by atoms with van der Waals surface area (Å²) in [7, 11) is 1.82. The molecule has 1 amide bonds. The van der Waals surface area contributed by atoms with E-state index in [0.717, 1.165) is 21.1 Å². The van der Waals surface area contributed by atoms with Gasteiger partial charge in [-0.25, -0.2) is 0 Å². The highest BCUT2D eigenvalue weighted by atomic mass is 79.9. The second-order valence-corrected chi connectivity index (χ2v) is 4.96. The van der Waals surface area contributed by atoms with Gasteiger partial charge in [-0.3, -0.25) is 4.79 Å². The number of halogens is 2. The first-order valence-electron chi connectivity index (χ1n) is 4.34. The smallest absolute Gasteiger partial charge is 0.227 e. The summed E-state index contributed by atoms with van der Waals surface area (Å²) in [4.78, 5) is 13.2. The summed E-state index contributed by atoms with van der Waals surface area (Å²) in [6.07, 6.45) is 1.41. The van der Waals surface area contributed by atoms with Gasteiger partial charge in [0.15, 0.2) is 0 Å². The van der Waals surface area contributed by atoms with Gasteiger partial charge in [-0.15, -0.1) is 0 Å². The summed E-state index contributed by atoms with van der Waals surface area (Å²) in [5.74, 6) is 0.187. The zero-order chi connectivity index (χ0) is 10.3. The SMILES string of the molecule is CN1C(=O)CCc2c1ccc(Br)c2Br. The third-order valence-corrected chi connectivity index (χ3v) is 4.59. The van der Waals surface area contributed by atoms with Crippen LogP contribution >= 0.6 is 31.9 Å². The number of benzene rings is 1. The Morgan fingerprint density at radius 3 is 2.71 bits per heavy atom. The third kappa shape index (κ3) is 1.50. The fourth-order valence-corrected chi connectivity index (χ4v) is 2.57. The van der Waals surface area contributed by atoms with Gasteiger partial charge < -0.3 is 4.90 Å². The third-order valence-electron chi connectivity index (χ3n) is 2.50. The van der Waals surface area contributed by atoms with E-state index in [9.17, 15) is 4.79 Å². The van der Waals surface area contributed by atoms with Gasteiger partial charge in [0.05, 0.1) is 0 Å². The highest BCUT2D eigenvalue weighted by Gasteiger charge is 2.23.